The Labute approximate surface area is 134 Å². The molecule has 6 rings (SSSR count). The molecule has 0 heterocycles. The summed E-state index contributed by atoms with van der Waals surface area (Å²) in [5.41, 5.74) is 3.99. The second-order valence-corrected chi connectivity index (χ2v) is 6.68. The normalized spacial score (nSPS) is 14.0. The van der Waals surface area contributed by atoms with Gasteiger partial charge in [-0.15, -0.1) is 0 Å². The van der Waals surface area contributed by atoms with E-state index in [-0.39, 0.29) is 0 Å². The van der Waals surface area contributed by atoms with Crippen LogP contribution in [0.25, 0.3) is 48.7 Å². The van der Waals surface area contributed by atoms with E-state index < -0.39 is 0 Å². The lowest BCUT2D eigenvalue weighted by Gasteiger charge is -2.24. The van der Waals surface area contributed by atoms with E-state index in [1.165, 1.54) is 59.8 Å². The summed E-state index contributed by atoms with van der Waals surface area (Å²) in [5.74, 6) is 0. The Kier molecular flexibility index (Phi) is 1.89. The van der Waals surface area contributed by atoms with Crippen LogP contribution < -0.4 is 0 Å². The monoisotopic (exact) mass is 290 g/mol. The van der Waals surface area contributed by atoms with Gasteiger partial charge in [-0.25, -0.2) is 0 Å². The third kappa shape index (κ3) is 1.25. The van der Waals surface area contributed by atoms with Crippen molar-refractivity contribution in [1.82, 2.24) is 0 Å². The van der Waals surface area contributed by atoms with Crippen LogP contribution in [-0.2, 0) is 6.42 Å². The van der Waals surface area contributed by atoms with Gasteiger partial charge < -0.3 is 0 Å². The van der Waals surface area contributed by atoms with Crippen LogP contribution in [0.4, 0.5) is 0 Å². The minimum Gasteiger partial charge on any atom is -0.0949 e. The molecule has 1 aliphatic rings. The van der Waals surface area contributed by atoms with E-state index in [2.05, 4.69) is 67.2 Å². The van der Waals surface area contributed by atoms with Crippen LogP contribution in [0.2, 0.25) is 0 Å². The fraction of sp³-hybridized carbons (Fsp3) is 0.0435. The molecule has 0 spiro atoms. The number of allylic oxidation sites excluding steroid dienone is 1. The summed E-state index contributed by atoms with van der Waals surface area (Å²) in [7, 11) is 0. The lowest BCUT2D eigenvalue weighted by atomic mass is 9.79. The lowest BCUT2D eigenvalue weighted by molar-refractivity contribution is 1.31. The largest absolute Gasteiger partial charge is 0.0949 e. The maximum absolute atomic E-state index is 4.36. The molecule has 0 radical (unpaired) electrons. The zero-order chi connectivity index (χ0) is 15.1. The molecular weight excluding hydrogens is 276 g/mol. The van der Waals surface area contributed by atoms with Gasteiger partial charge in [0.15, 0.2) is 0 Å². The van der Waals surface area contributed by atoms with Crippen LogP contribution in [0.5, 0.6) is 0 Å². The lowest BCUT2D eigenvalue weighted by Crippen LogP contribution is -2.01. The zero-order valence-corrected chi connectivity index (χ0v) is 12.7. The minimum absolute atomic E-state index is 0.959. The van der Waals surface area contributed by atoms with E-state index in [4.69, 9.17) is 0 Å². The molecule has 0 saturated carbocycles. The van der Waals surface area contributed by atoms with E-state index >= 15 is 0 Å². The van der Waals surface area contributed by atoms with Crippen molar-refractivity contribution in [3.8, 4) is 0 Å². The van der Waals surface area contributed by atoms with Gasteiger partial charge >= 0.3 is 0 Å². The van der Waals surface area contributed by atoms with Gasteiger partial charge in [-0.1, -0.05) is 67.2 Å². The van der Waals surface area contributed by atoms with E-state index in [1.807, 2.05) is 0 Å². The predicted octanol–water partition coefficient (Wildman–Crippen LogP) is 6.31. The average Bonchev–Trinajstić information content (AvgIpc) is 2.60. The molecule has 106 valence electrons. The molecule has 0 unspecified atom stereocenters. The summed E-state index contributed by atoms with van der Waals surface area (Å²) < 4.78 is 0. The van der Waals surface area contributed by atoms with Crippen molar-refractivity contribution in [2.24, 2.45) is 0 Å². The zero-order valence-electron chi connectivity index (χ0n) is 12.7. The van der Waals surface area contributed by atoms with Crippen molar-refractivity contribution in [2.45, 2.75) is 6.42 Å². The first-order valence-electron chi connectivity index (χ1n) is 8.12. The van der Waals surface area contributed by atoms with Crippen LogP contribution in [0, 0.1) is 0 Å². The first-order chi connectivity index (χ1) is 11.3. The van der Waals surface area contributed by atoms with Crippen molar-refractivity contribution >= 4 is 48.7 Å². The summed E-state index contributed by atoms with van der Waals surface area (Å²) in [5, 5.41) is 11.1. The van der Waals surface area contributed by atoms with Crippen LogP contribution in [0.15, 0.2) is 67.2 Å². The molecule has 0 saturated heterocycles. The fourth-order valence-electron chi connectivity index (χ4n) is 4.56. The van der Waals surface area contributed by atoms with E-state index in [1.54, 1.807) is 0 Å². The smallest absolute Gasteiger partial charge is 0.00146 e. The number of hydrogen-bond donors (Lipinski definition) is 0. The standard InChI is InChI=1S/C23H14/c1-13-12-16-9-8-14-4-2-6-18-19-7-3-5-15-10-11-17(13)23(21(15)19)22(16)20(14)18/h2-11H,1,12H2. The molecule has 5 aromatic carbocycles. The number of fused-ring (bicyclic) bond motifs is 1. The topological polar surface area (TPSA) is 0 Å². The average molecular weight is 290 g/mol. The Hall–Kier alpha value is -2.86. The molecule has 0 nitrogen and oxygen atoms in total. The second-order valence-electron chi connectivity index (χ2n) is 6.68. The second kappa shape index (κ2) is 3.72. The van der Waals surface area contributed by atoms with Gasteiger partial charge in [0.2, 0.25) is 0 Å². The van der Waals surface area contributed by atoms with Crippen LogP contribution in [-0.4, -0.2) is 0 Å². The summed E-state index contributed by atoms with van der Waals surface area (Å²) in [4.78, 5) is 0. The molecule has 5 aromatic rings. The van der Waals surface area contributed by atoms with Crippen molar-refractivity contribution in [3.05, 3.63) is 78.4 Å². The highest BCUT2D eigenvalue weighted by Crippen LogP contribution is 2.47. The van der Waals surface area contributed by atoms with Crippen molar-refractivity contribution < 1.29 is 0 Å². The third-order valence-electron chi connectivity index (χ3n) is 5.50. The Morgan fingerprint density at radius 3 is 2.00 bits per heavy atom. The molecular formula is C23H14. The molecule has 0 heteroatoms. The molecule has 23 heavy (non-hydrogen) atoms. The Morgan fingerprint density at radius 1 is 0.609 bits per heavy atom. The molecule has 0 fully saturated rings. The van der Waals surface area contributed by atoms with Gasteiger partial charge in [-0.05, 0) is 66.2 Å². The van der Waals surface area contributed by atoms with Gasteiger partial charge in [0, 0.05) is 0 Å². The first kappa shape index (κ1) is 11.7. The number of rotatable bonds is 0. The molecule has 0 aliphatic heterocycles. The van der Waals surface area contributed by atoms with Gasteiger partial charge in [-0.2, -0.15) is 0 Å². The number of hydrogen-bond acceptors (Lipinski definition) is 0. The van der Waals surface area contributed by atoms with Crippen LogP contribution in [0.1, 0.15) is 11.1 Å². The Bertz CT molecular complexity index is 1290. The Balaban J connectivity index is 2.16. The highest BCUT2D eigenvalue weighted by molar-refractivity contribution is 6.35. The predicted molar refractivity (Wildman–Crippen MR) is 100 cm³/mol. The maximum Gasteiger partial charge on any atom is -0.00146 e. The van der Waals surface area contributed by atoms with E-state index in [9.17, 15) is 0 Å². The fourth-order valence-corrected chi connectivity index (χ4v) is 4.56. The molecule has 0 amide bonds. The minimum atomic E-state index is 0.959. The van der Waals surface area contributed by atoms with Gasteiger partial charge in [0.1, 0.15) is 0 Å². The summed E-state index contributed by atoms with van der Waals surface area (Å²) in [6.07, 6.45) is 0.959. The molecule has 0 atom stereocenters. The highest BCUT2D eigenvalue weighted by Gasteiger charge is 2.22. The van der Waals surface area contributed by atoms with Crippen molar-refractivity contribution in [1.29, 1.82) is 0 Å². The van der Waals surface area contributed by atoms with Crippen molar-refractivity contribution in [3.63, 3.8) is 0 Å². The third-order valence-corrected chi connectivity index (χ3v) is 5.50. The van der Waals surface area contributed by atoms with E-state index in [0.29, 0.717) is 0 Å². The van der Waals surface area contributed by atoms with Crippen molar-refractivity contribution in [2.75, 3.05) is 0 Å². The summed E-state index contributed by atoms with van der Waals surface area (Å²) >= 11 is 0. The SMILES string of the molecule is C=C1Cc2ccc3cccc4c5cccc6ccc1c(c2c34)c65. The molecule has 0 bridgehead atoms. The van der Waals surface area contributed by atoms with Gasteiger partial charge in [0.25, 0.3) is 0 Å². The quantitative estimate of drug-likeness (QED) is 0.232. The highest BCUT2D eigenvalue weighted by atomic mass is 14.2. The number of benzene rings is 5. The summed E-state index contributed by atoms with van der Waals surface area (Å²) in [6.45, 7) is 4.36. The molecule has 0 aromatic heterocycles. The van der Waals surface area contributed by atoms with Gasteiger partial charge in [0.05, 0.1) is 0 Å². The maximum atomic E-state index is 4.36. The van der Waals surface area contributed by atoms with E-state index in [0.717, 1.165) is 6.42 Å². The van der Waals surface area contributed by atoms with Crippen LogP contribution >= 0.6 is 0 Å². The van der Waals surface area contributed by atoms with Crippen LogP contribution in [0.3, 0.4) is 0 Å². The summed E-state index contributed by atoms with van der Waals surface area (Å²) in [6, 6.07) is 22.4. The molecule has 0 N–H and O–H groups in total. The Morgan fingerprint density at radius 2 is 1.26 bits per heavy atom. The molecule has 1 aliphatic carbocycles. The van der Waals surface area contributed by atoms with Gasteiger partial charge in [-0.3, -0.25) is 0 Å². The first-order valence-corrected chi connectivity index (χ1v) is 8.12.